The van der Waals surface area contributed by atoms with E-state index in [2.05, 4.69) is 0 Å². The molecule has 0 amide bonds. The van der Waals surface area contributed by atoms with E-state index >= 15 is 0 Å². The van der Waals surface area contributed by atoms with E-state index in [9.17, 15) is 4.79 Å². The highest BCUT2D eigenvalue weighted by Gasteiger charge is 2.61. The Balaban J connectivity index is 2.04. The van der Waals surface area contributed by atoms with Crippen LogP contribution in [-0.2, 0) is 19.0 Å². The average molecular weight is 196 g/mol. The maximum Gasteiger partial charge on any atom is 0.208 e. The lowest BCUT2D eigenvalue weighted by molar-refractivity contribution is -0.276. The van der Waals surface area contributed by atoms with Crippen molar-refractivity contribution in [3.63, 3.8) is 0 Å². The number of fused-ring (bicyclic) bond motifs is 3. The van der Waals surface area contributed by atoms with E-state index in [1.165, 1.54) is 0 Å². The van der Waals surface area contributed by atoms with Crippen LogP contribution in [0, 0.1) is 0 Å². The zero-order chi connectivity index (χ0) is 9.81. The topological polar surface area (TPSA) is 44.8 Å². The number of carbonyl (C=O) groups is 1. The molecule has 14 heavy (non-hydrogen) atoms. The molecule has 3 rings (SSSR count). The molecule has 4 heteroatoms. The Labute approximate surface area is 81.8 Å². The van der Waals surface area contributed by atoms with Gasteiger partial charge in [0.05, 0.1) is 19.6 Å². The van der Waals surface area contributed by atoms with E-state index in [1.807, 2.05) is 13.0 Å². The summed E-state index contributed by atoms with van der Waals surface area (Å²) in [6, 6.07) is 0. The summed E-state index contributed by atoms with van der Waals surface area (Å²) in [5.74, 6) is -0.828. The quantitative estimate of drug-likeness (QED) is 0.526. The van der Waals surface area contributed by atoms with Crippen molar-refractivity contribution in [2.45, 2.75) is 30.8 Å². The number of rotatable bonds is 0. The van der Waals surface area contributed by atoms with Gasteiger partial charge in [0.15, 0.2) is 5.78 Å². The van der Waals surface area contributed by atoms with Crippen LogP contribution in [0.1, 0.15) is 13.3 Å². The van der Waals surface area contributed by atoms with Gasteiger partial charge in [-0.1, -0.05) is 0 Å². The number of Topliss-reactive ketones (excluding diaryl/α,β-unsaturated/α-hetero) is 1. The lowest BCUT2D eigenvalue weighted by Crippen LogP contribution is -2.58. The Bertz CT molecular complexity index is 316. The molecule has 0 saturated carbocycles. The Hall–Kier alpha value is -0.710. The molecule has 3 aliphatic rings. The molecule has 0 aromatic carbocycles. The molecule has 0 aromatic rings. The molecule has 0 unspecified atom stereocenters. The van der Waals surface area contributed by atoms with Crippen molar-refractivity contribution < 1.29 is 19.0 Å². The maximum atomic E-state index is 11.6. The van der Waals surface area contributed by atoms with E-state index in [0.717, 1.165) is 0 Å². The Morgan fingerprint density at radius 3 is 2.86 bits per heavy atom. The minimum atomic E-state index is -0.867. The zero-order valence-corrected chi connectivity index (χ0v) is 7.99. The molecule has 0 aromatic heterocycles. The first-order valence-electron chi connectivity index (χ1n) is 4.83. The first-order chi connectivity index (χ1) is 6.65. The molecular weight excluding hydrogens is 184 g/mol. The van der Waals surface area contributed by atoms with Gasteiger partial charge in [-0.25, -0.2) is 0 Å². The van der Waals surface area contributed by atoms with Gasteiger partial charge in [0.1, 0.15) is 11.7 Å². The summed E-state index contributed by atoms with van der Waals surface area (Å²) in [7, 11) is 0. The Morgan fingerprint density at radius 1 is 1.43 bits per heavy atom. The molecule has 1 spiro atoms. The third-order valence-electron chi connectivity index (χ3n) is 3.20. The van der Waals surface area contributed by atoms with E-state index in [1.54, 1.807) is 6.08 Å². The second-order valence-corrected chi connectivity index (χ2v) is 4.10. The highest BCUT2D eigenvalue weighted by atomic mass is 16.8. The molecule has 4 nitrogen and oxygen atoms in total. The number of carbonyl (C=O) groups excluding carboxylic acids is 1. The molecule has 0 radical (unpaired) electrons. The minimum Gasteiger partial charge on any atom is -0.350 e. The van der Waals surface area contributed by atoms with Gasteiger partial charge in [0, 0.05) is 0 Å². The maximum absolute atomic E-state index is 11.6. The van der Waals surface area contributed by atoms with Gasteiger partial charge in [-0.15, -0.1) is 0 Å². The first kappa shape index (κ1) is 8.59. The summed E-state index contributed by atoms with van der Waals surface area (Å²) in [6.07, 6.45) is 3.58. The second kappa shape index (κ2) is 2.45. The Kier molecular flexibility index (Phi) is 1.50. The van der Waals surface area contributed by atoms with E-state index in [4.69, 9.17) is 14.2 Å². The summed E-state index contributed by atoms with van der Waals surface area (Å²) in [5, 5.41) is 0. The fraction of sp³-hybridized carbons (Fsp3) is 0.700. The standard InChI is InChI=1S/C10H12O4/c1-9-3-2-8(14-9)7(11)6-10(9)12-4-5-13-10/h2-3,8H,4-6H2,1H3/t8-,9-/m1/s1. The van der Waals surface area contributed by atoms with Crippen LogP contribution in [0.2, 0.25) is 0 Å². The van der Waals surface area contributed by atoms with Crippen molar-refractivity contribution in [1.29, 1.82) is 0 Å². The highest BCUT2D eigenvalue weighted by Crippen LogP contribution is 2.46. The second-order valence-electron chi connectivity index (χ2n) is 4.10. The molecular formula is C10H12O4. The highest BCUT2D eigenvalue weighted by molar-refractivity contribution is 5.88. The monoisotopic (exact) mass is 196 g/mol. The average Bonchev–Trinajstić information content (AvgIpc) is 2.71. The summed E-state index contributed by atoms with van der Waals surface area (Å²) in [6.45, 7) is 2.97. The summed E-state index contributed by atoms with van der Waals surface area (Å²) in [4.78, 5) is 11.6. The molecule has 0 aliphatic carbocycles. The molecule has 76 valence electrons. The molecule has 2 bridgehead atoms. The lowest BCUT2D eigenvalue weighted by Gasteiger charge is -2.43. The summed E-state index contributed by atoms with van der Waals surface area (Å²) < 4.78 is 16.8. The van der Waals surface area contributed by atoms with Gasteiger partial charge in [-0.05, 0) is 19.1 Å². The molecule has 2 atom stereocenters. The largest absolute Gasteiger partial charge is 0.350 e. The van der Waals surface area contributed by atoms with Crippen LogP contribution >= 0.6 is 0 Å². The van der Waals surface area contributed by atoms with Crippen molar-refractivity contribution in [2.24, 2.45) is 0 Å². The van der Waals surface area contributed by atoms with Crippen molar-refractivity contribution >= 4 is 5.78 Å². The number of ketones is 1. The van der Waals surface area contributed by atoms with Crippen LogP contribution in [0.4, 0.5) is 0 Å². The fourth-order valence-electron chi connectivity index (χ4n) is 2.35. The zero-order valence-electron chi connectivity index (χ0n) is 7.99. The normalized spacial score (nSPS) is 43.8. The predicted molar refractivity (Wildman–Crippen MR) is 46.7 cm³/mol. The smallest absolute Gasteiger partial charge is 0.208 e. The van der Waals surface area contributed by atoms with E-state index < -0.39 is 17.5 Å². The third-order valence-corrected chi connectivity index (χ3v) is 3.20. The van der Waals surface area contributed by atoms with Gasteiger partial charge in [-0.2, -0.15) is 0 Å². The van der Waals surface area contributed by atoms with E-state index in [0.29, 0.717) is 19.6 Å². The van der Waals surface area contributed by atoms with Crippen LogP contribution in [-0.4, -0.2) is 36.5 Å². The summed E-state index contributed by atoms with van der Waals surface area (Å²) >= 11 is 0. The predicted octanol–water partition coefficient (Wildman–Crippen LogP) is 0.416. The molecule has 0 N–H and O–H groups in total. The van der Waals surface area contributed by atoms with Gasteiger partial charge >= 0.3 is 0 Å². The van der Waals surface area contributed by atoms with Gasteiger partial charge in [0.2, 0.25) is 5.79 Å². The molecule has 2 saturated heterocycles. The van der Waals surface area contributed by atoms with Crippen molar-refractivity contribution in [3.05, 3.63) is 12.2 Å². The summed E-state index contributed by atoms with van der Waals surface area (Å²) in [5.41, 5.74) is -0.595. The van der Waals surface area contributed by atoms with Crippen molar-refractivity contribution in [1.82, 2.24) is 0 Å². The Morgan fingerprint density at radius 2 is 2.14 bits per heavy atom. The molecule has 3 aliphatic heterocycles. The molecule has 3 heterocycles. The molecule has 2 fully saturated rings. The van der Waals surface area contributed by atoms with Crippen molar-refractivity contribution in [2.75, 3.05) is 13.2 Å². The van der Waals surface area contributed by atoms with Crippen LogP contribution in [0.25, 0.3) is 0 Å². The van der Waals surface area contributed by atoms with Crippen LogP contribution in [0.15, 0.2) is 12.2 Å². The number of hydrogen-bond acceptors (Lipinski definition) is 4. The van der Waals surface area contributed by atoms with Gasteiger partial charge < -0.3 is 14.2 Å². The van der Waals surface area contributed by atoms with Crippen LogP contribution in [0.5, 0.6) is 0 Å². The lowest BCUT2D eigenvalue weighted by atomic mass is 9.89. The number of ether oxygens (including phenoxy) is 3. The number of hydrogen-bond donors (Lipinski definition) is 0. The van der Waals surface area contributed by atoms with E-state index in [-0.39, 0.29) is 5.78 Å². The van der Waals surface area contributed by atoms with Crippen LogP contribution in [0.3, 0.4) is 0 Å². The third kappa shape index (κ3) is 0.860. The van der Waals surface area contributed by atoms with Crippen LogP contribution < -0.4 is 0 Å². The van der Waals surface area contributed by atoms with Crippen molar-refractivity contribution in [3.8, 4) is 0 Å². The fourth-order valence-corrected chi connectivity index (χ4v) is 2.35. The SMILES string of the molecule is C[C@]12C=C[C@@H](O1)C(=O)CC21OCCO1. The minimum absolute atomic E-state index is 0.0399. The van der Waals surface area contributed by atoms with Gasteiger partial charge in [0.25, 0.3) is 0 Å². The van der Waals surface area contributed by atoms with Gasteiger partial charge in [-0.3, -0.25) is 4.79 Å². The first-order valence-corrected chi connectivity index (χ1v) is 4.83.